The summed E-state index contributed by atoms with van der Waals surface area (Å²) < 4.78 is 0. The highest BCUT2D eigenvalue weighted by molar-refractivity contribution is 5.82. The van der Waals surface area contributed by atoms with Crippen molar-refractivity contribution in [3.8, 4) is 11.1 Å². The number of hydrogen-bond donors (Lipinski definition) is 0. The maximum absolute atomic E-state index is 3.55. The molecule has 172 valence electrons. The average molecular weight is 429 g/mol. The first kappa shape index (κ1) is 23.6. The molecule has 2 aromatic rings. The van der Waals surface area contributed by atoms with E-state index >= 15 is 0 Å². The second-order valence-corrected chi connectivity index (χ2v) is 10.5. The molecule has 0 fully saturated rings. The molecule has 2 unspecified atom stereocenters. The number of hydrogen-bond acceptors (Lipinski definition) is 0. The summed E-state index contributed by atoms with van der Waals surface area (Å²) >= 11 is 0. The molecule has 2 aliphatic rings. The number of unbranched alkanes of at least 4 members (excludes halogenated alkanes) is 10. The Morgan fingerprint density at radius 3 is 1.41 bits per heavy atom. The minimum atomic E-state index is 0.679. The van der Waals surface area contributed by atoms with E-state index in [4.69, 9.17) is 0 Å². The molecule has 4 rings (SSSR count). The van der Waals surface area contributed by atoms with Crippen LogP contribution >= 0.6 is 0 Å². The lowest BCUT2D eigenvalue weighted by atomic mass is 9.67. The standard InChI is InChI=1S/C32H44/c1-3-5-7-9-11-13-17-25-23-27-19-16-22-30-26(18-14-12-10-8-6-4-2)24-28-20-15-21-29(25)31(28)32(27)30/h19-22,25-26H,3-14,17-18,23-24H2,1-2H3. The van der Waals surface area contributed by atoms with Crippen molar-refractivity contribution in [1.29, 1.82) is 0 Å². The molecular formula is C32H44. The third kappa shape index (κ3) is 5.49. The zero-order valence-corrected chi connectivity index (χ0v) is 20.8. The van der Waals surface area contributed by atoms with Gasteiger partial charge in [0.25, 0.3) is 0 Å². The number of benzene rings is 2. The summed E-state index contributed by atoms with van der Waals surface area (Å²) in [5.41, 5.74) is 9.56. The molecule has 0 spiro atoms. The normalized spacial score (nSPS) is 18.6. The maximum atomic E-state index is 3.55. The van der Waals surface area contributed by atoms with Crippen LogP contribution in [0.25, 0.3) is 11.1 Å². The smallest absolute Gasteiger partial charge is 0.0111 e. The summed E-state index contributed by atoms with van der Waals surface area (Å²) in [6.07, 6.45) is 21.8. The molecule has 0 aliphatic heterocycles. The average Bonchev–Trinajstić information content (AvgIpc) is 2.82. The Balaban J connectivity index is 1.45. The molecule has 0 saturated heterocycles. The van der Waals surface area contributed by atoms with E-state index in [-0.39, 0.29) is 0 Å². The topological polar surface area (TPSA) is 0 Å². The first-order valence-corrected chi connectivity index (χ1v) is 13.9. The van der Waals surface area contributed by atoms with Crippen molar-refractivity contribution in [2.75, 3.05) is 0 Å². The highest BCUT2D eigenvalue weighted by atomic mass is 14.4. The number of rotatable bonds is 14. The Kier molecular flexibility index (Phi) is 8.89. The second-order valence-electron chi connectivity index (χ2n) is 10.5. The van der Waals surface area contributed by atoms with Crippen molar-refractivity contribution in [3.05, 3.63) is 58.7 Å². The van der Waals surface area contributed by atoms with Crippen LogP contribution in [0.1, 0.15) is 138 Å². The van der Waals surface area contributed by atoms with Crippen molar-refractivity contribution < 1.29 is 0 Å². The molecular weight excluding hydrogens is 384 g/mol. The van der Waals surface area contributed by atoms with Gasteiger partial charge < -0.3 is 0 Å². The van der Waals surface area contributed by atoms with Crippen LogP contribution in [-0.2, 0) is 12.8 Å². The van der Waals surface area contributed by atoms with E-state index in [1.54, 1.807) is 33.4 Å². The Morgan fingerprint density at radius 2 is 0.969 bits per heavy atom. The molecule has 2 atom stereocenters. The summed E-state index contributed by atoms with van der Waals surface area (Å²) in [5.74, 6) is 1.36. The zero-order chi connectivity index (χ0) is 22.2. The zero-order valence-electron chi connectivity index (χ0n) is 20.8. The maximum Gasteiger partial charge on any atom is -0.0111 e. The third-order valence-electron chi connectivity index (χ3n) is 8.09. The molecule has 0 aromatic heterocycles. The van der Waals surface area contributed by atoms with Gasteiger partial charge in [0.05, 0.1) is 0 Å². The van der Waals surface area contributed by atoms with E-state index in [0.29, 0.717) is 11.8 Å². The van der Waals surface area contributed by atoms with Crippen LogP contribution in [0, 0.1) is 12.1 Å². The van der Waals surface area contributed by atoms with E-state index in [2.05, 4.69) is 50.2 Å². The van der Waals surface area contributed by atoms with Crippen LogP contribution in [0.4, 0.5) is 0 Å². The lowest BCUT2D eigenvalue weighted by Crippen LogP contribution is -2.20. The van der Waals surface area contributed by atoms with Crippen LogP contribution < -0.4 is 0 Å². The van der Waals surface area contributed by atoms with Gasteiger partial charge in [0.1, 0.15) is 0 Å². The predicted octanol–water partition coefficient (Wildman–Crippen LogP) is 9.73. The summed E-state index contributed by atoms with van der Waals surface area (Å²) in [4.78, 5) is 0. The lowest BCUT2D eigenvalue weighted by Gasteiger charge is -2.37. The van der Waals surface area contributed by atoms with Crippen molar-refractivity contribution in [2.24, 2.45) is 0 Å². The first-order chi connectivity index (χ1) is 15.8. The molecule has 0 heteroatoms. The molecule has 0 saturated carbocycles. The summed E-state index contributed by atoms with van der Waals surface area (Å²) in [5, 5.41) is 0. The fraction of sp³-hybridized carbons (Fsp3) is 0.625. The second kappa shape index (κ2) is 12.1. The van der Waals surface area contributed by atoms with E-state index in [0.717, 1.165) is 0 Å². The van der Waals surface area contributed by atoms with Gasteiger partial charge in [0.15, 0.2) is 0 Å². The van der Waals surface area contributed by atoms with Crippen molar-refractivity contribution >= 4 is 0 Å². The highest BCUT2D eigenvalue weighted by Crippen LogP contribution is 2.51. The first-order valence-electron chi connectivity index (χ1n) is 13.9. The Morgan fingerprint density at radius 1 is 0.562 bits per heavy atom. The van der Waals surface area contributed by atoms with Crippen LogP contribution in [0.15, 0.2) is 24.3 Å². The molecule has 0 amide bonds. The fourth-order valence-electron chi connectivity index (χ4n) is 6.31. The van der Waals surface area contributed by atoms with Crippen molar-refractivity contribution in [2.45, 2.75) is 128 Å². The molecule has 0 N–H and O–H groups in total. The molecule has 0 heterocycles. The Labute approximate surface area is 198 Å². The van der Waals surface area contributed by atoms with Crippen LogP contribution in [0.2, 0.25) is 0 Å². The summed E-state index contributed by atoms with van der Waals surface area (Å²) in [6.45, 7) is 4.61. The Bertz CT molecular complexity index is 774. The summed E-state index contributed by atoms with van der Waals surface area (Å²) in [6, 6.07) is 16.4. The van der Waals surface area contributed by atoms with Gasteiger partial charge in [-0.25, -0.2) is 0 Å². The lowest BCUT2D eigenvalue weighted by molar-refractivity contribution is 0.521. The van der Waals surface area contributed by atoms with Crippen molar-refractivity contribution in [3.63, 3.8) is 0 Å². The SMILES string of the molecule is CCCCCCCCC1Cc2c[c]cc3c2-c2c(c[c]cc21)CC3CCCCCCCC. The van der Waals surface area contributed by atoms with Crippen LogP contribution in [0.3, 0.4) is 0 Å². The molecule has 0 nitrogen and oxygen atoms in total. The van der Waals surface area contributed by atoms with Gasteiger partial charge in [-0.1, -0.05) is 115 Å². The molecule has 0 bridgehead atoms. The van der Waals surface area contributed by atoms with Crippen LogP contribution in [0.5, 0.6) is 0 Å². The van der Waals surface area contributed by atoms with Crippen molar-refractivity contribution in [1.82, 2.24) is 0 Å². The van der Waals surface area contributed by atoms with E-state index in [1.165, 1.54) is 103 Å². The molecule has 2 radical (unpaired) electrons. The van der Waals surface area contributed by atoms with Crippen LogP contribution in [-0.4, -0.2) is 0 Å². The van der Waals surface area contributed by atoms with E-state index in [1.807, 2.05) is 0 Å². The third-order valence-corrected chi connectivity index (χ3v) is 8.09. The van der Waals surface area contributed by atoms with Gasteiger partial charge >= 0.3 is 0 Å². The van der Waals surface area contributed by atoms with E-state index in [9.17, 15) is 0 Å². The van der Waals surface area contributed by atoms with Gasteiger partial charge in [0.2, 0.25) is 0 Å². The quantitative estimate of drug-likeness (QED) is 0.263. The van der Waals surface area contributed by atoms with Gasteiger partial charge in [-0.3, -0.25) is 0 Å². The van der Waals surface area contributed by atoms with Gasteiger partial charge in [-0.2, -0.15) is 0 Å². The highest BCUT2D eigenvalue weighted by Gasteiger charge is 2.33. The van der Waals surface area contributed by atoms with Gasteiger partial charge in [-0.15, -0.1) is 0 Å². The molecule has 2 aromatic carbocycles. The fourth-order valence-corrected chi connectivity index (χ4v) is 6.31. The van der Waals surface area contributed by atoms with Gasteiger partial charge in [0, 0.05) is 0 Å². The minimum absolute atomic E-state index is 0.679. The summed E-state index contributed by atoms with van der Waals surface area (Å²) in [7, 11) is 0. The molecule has 32 heavy (non-hydrogen) atoms. The monoisotopic (exact) mass is 428 g/mol. The predicted molar refractivity (Wildman–Crippen MR) is 138 cm³/mol. The molecule has 2 aliphatic carbocycles. The van der Waals surface area contributed by atoms with Gasteiger partial charge in [-0.05, 0) is 83.0 Å². The van der Waals surface area contributed by atoms with E-state index < -0.39 is 0 Å². The Hall–Kier alpha value is -1.56. The minimum Gasteiger partial charge on any atom is -0.0654 e. The largest absolute Gasteiger partial charge is 0.0654 e.